The van der Waals surface area contributed by atoms with Crippen LogP contribution in [0, 0.1) is 0 Å². The first kappa shape index (κ1) is 15.3. The van der Waals surface area contributed by atoms with Crippen LogP contribution in [0.25, 0.3) is 0 Å². The zero-order valence-corrected chi connectivity index (χ0v) is 11.8. The molecule has 0 radical (unpaired) electrons. The second-order valence-electron chi connectivity index (χ2n) is 3.80. The number of carbonyl (C=O) groups excluding carboxylic acids is 1. The van der Waals surface area contributed by atoms with Gasteiger partial charge in [-0.25, -0.2) is 0 Å². The third kappa shape index (κ3) is 6.28. The predicted octanol–water partition coefficient (Wildman–Crippen LogP) is 2.89. The van der Waals surface area contributed by atoms with Crippen LogP contribution in [-0.4, -0.2) is 29.5 Å². The van der Waals surface area contributed by atoms with Crippen molar-refractivity contribution in [3.63, 3.8) is 0 Å². The number of hydrogen-bond donors (Lipinski definition) is 1. The van der Waals surface area contributed by atoms with E-state index in [1.54, 1.807) is 18.7 Å². The van der Waals surface area contributed by atoms with Crippen LogP contribution < -0.4 is 0 Å². The third-order valence-electron chi connectivity index (χ3n) is 2.20. The summed E-state index contributed by atoms with van der Waals surface area (Å²) in [4.78, 5) is 11.1. The van der Waals surface area contributed by atoms with Crippen molar-refractivity contribution in [1.29, 1.82) is 0 Å². The van der Waals surface area contributed by atoms with Gasteiger partial charge in [0.1, 0.15) is 0 Å². The van der Waals surface area contributed by atoms with Crippen LogP contribution in [0.4, 0.5) is 0 Å². The Balaban J connectivity index is 2.21. The highest BCUT2D eigenvalue weighted by Crippen LogP contribution is 2.16. The molecule has 5 heteroatoms. The van der Waals surface area contributed by atoms with Gasteiger partial charge in [0, 0.05) is 16.5 Å². The maximum atomic E-state index is 11.1. The minimum absolute atomic E-state index is 0.0570. The van der Waals surface area contributed by atoms with E-state index in [4.69, 9.17) is 16.3 Å². The lowest BCUT2D eigenvalue weighted by molar-refractivity contribution is -0.144. The van der Waals surface area contributed by atoms with E-state index in [0.717, 1.165) is 11.3 Å². The smallest absolute Gasteiger partial charge is 0.308 e. The average Bonchev–Trinajstić information content (AvgIpc) is 2.32. The molecule has 0 spiro atoms. The largest absolute Gasteiger partial charge is 0.466 e. The third-order valence-corrected chi connectivity index (χ3v) is 3.61. The maximum Gasteiger partial charge on any atom is 0.308 e. The van der Waals surface area contributed by atoms with Gasteiger partial charge in [-0.3, -0.25) is 4.79 Å². The van der Waals surface area contributed by atoms with Crippen molar-refractivity contribution in [2.75, 3.05) is 12.4 Å². The van der Waals surface area contributed by atoms with E-state index in [2.05, 4.69) is 0 Å². The molecule has 0 fully saturated rings. The lowest BCUT2D eigenvalue weighted by Crippen LogP contribution is -2.17. The van der Waals surface area contributed by atoms with E-state index in [-0.39, 0.29) is 12.4 Å². The van der Waals surface area contributed by atoms with E-state index in [9.17, 15) is 9.90 Å². The van der Waals surface area contributed by atoms with Crippen LogP contribution in [0.2, 0.25) is 5.02 Å². The summed E-state index contributed by atoms with van der Waals surface area (Å²) in [6, 6.07) is 7.58. The molecule has 0 aromatic heterocycles. The van der Waals surface area contributed by atoms with Gasteiger partial charge in [0.05, 0.1) is 19.1 Å². The van der Waals surface area contributed by atoms with Crippen molar-refractivity contribution in [3.05, 3.63) is 34.9 Å². The van der Waals surface area contributed by atoms with Crippen molar-refractivity contribution in [3.8, 4) is 0 Å². The van der Waals surface area contributed by atoms with Gasteiger partial charge in [0.25, 0.3) is 0 Å². The number of hydrogen-bond acceptors (Lipinski definition) is 4. The molecule has 100 valence electrons. The summed E-state index contributed by atoms with van der Waals surface area (Å²) in [7, 11) is 0. The molecular formula is C13H17ClO3S. The van der Waals surface area contributed by atoms with E-state index >= 15 is 0 Å². The molecule has 0 bridgehead atoms. The molecule has 0 heterocycles. The first-order valence-electron chi connectivity index (χ1n) is 5.77. The lowest BCUT2D eigenvalue weighted by atomic mass is 10.2. The average molecular weight is 289 g/mol. The van der Waals surface area contributed by atoms with Gasteiger partial charge in [-0.1, -0.05) is 23.7 Å². The topological polar surface area (TPSA) is 46.5 Å². The first-order valence-corrected chi connectivity index (χ1v) is 7.31. The summed E-state index contributed by atoms with van der Waals surface area (Å²) >= 11 is 7.36. The fourth-order valence-corrected chi connectivity index (χ4v) is 2.43. The van der Waals surface area contributed by atoms with E-state index in [0.29, 0.717) is 17.4 Å². The van der Waals surface area contributed by atoms with Crippen LogP contribution in [0.1, 0.15) is 18.9 Å². The Hall–Kier alpha value is -0.710. The Labute approximate surface area is 116 Å². The molecule has 0 aliphatic heterocycles. The van der Waals surface area contributed by atoms with Gasteiger partial charge in [0.2, 0.25) is 0 Å². The van der Waals surface area contributed by atoms with E-state index in [1.807, 2.05) is 24.3 Å². The van der Waals surface area contributed by atoms with Gasteiger partial charge in [-0.15, -0.1) is 0 Å². The van der Waals surface area contributed by atoms with Crippen molar-refractivity contribution < 1.29 is 14.6 Å². The van der Waals surface area contributed by atoms with Crippen molar-refractivity contribution >= 4 is 29.3 Å². The van der Waals surface area contributed by atoms with E-state index < -0.39 is 6.10 Å². The van der Waals surface area contributed by atoms with Crippen LogP contribution in [0.15, 0.2) is 24.3 Å². The lowest BCUT2D eigenvalue weighted by Gasteiger charge is -2.09. The fourth-order valence-electron chi connectivity index (χ4n) is 1.36. The second-order valence-corrected chi connectivity index (χ2v) is 5.27. The van der Waals surface area contributed by atoms with Crippen LogP contribution in [0.5, 0.6) is 0 Å². The highest BCUT2D eigenvalue weighted by atomic mass is 35.5. The number of esters is 1. The summed E-state index contributed by atoms with van der Waals surface area (Å²) in [6.45, 7) is 2.10. The summed E-state index contributed by atoms with van der Waals surface area (Å²) in [5.74, 6) is 0.954. The molecule has 0 saturated heterocycles. The Kier molecular flexibility index (Phi) is 7.16. The maximum absolute atomic E-state index is 11.1. The number of ether oxygens (including phenoxy) is 1. The van der Waals surface area contributed by atoms with Crippen molar-refractivity contribution in [2.45, 2.75) is 25.2 Å². The predicted molar refractivity (Wildman–Crippen MR) is 74.9 cm³/mol. The molecule has 0 aliphatic rings. The van der Waals surface area contributed by atoms with Gasteiger partial charge in [-0.05, 0) is 24.6 Å². The Morgan fingerprint density at radius 1 is 1.44 bits per heavy atom. The van der Waals surface area contributed by atoms with Gasteiger partial charge < -0.3 is 9.84 Å². The van der Waals surface area contributed by atoms with Gasteiger partial charge in [0.15, 0.2) is 0 Å². The second kappa shape index (κ2) is 8.40. The monoisotopic (exact) mass is 288 g/mol. The quantitative estimate of drug-likeness (QED) is 0.784. The number of rotatable bonds is 7. The van der Waals surface area contributed by atoms with E-state index in [1.165, 1.54) is 0 Å². The number of aliphatic hydroxyl groups is 1. The minimum atomic E-state index is -0.652. The minimum Gasteiger partial charge on any atom is -0.466 e. The van der Waals surface area contributed by atoms with Crippen LogP contribution in [0.3, 0.4) is 0 Å². The molecule has 0 aliphatic carbocycles. The number of aliphatic hydroxyl groups excluding tert-OH is 1. The van der Waals surface area contributed by atoms with Crippen LogP contribution >= 0.6 is 23.4 Å². The SMILES string of the molecule is CCOC(=O)CC(O)CSCc1ccc(Cl)cc1. The Morgan fingerprint density at radius 3 is 2.72 bits per heavy atom. The van der Waals surface area contributed by atoms with Crippen molar-refractivity contribution in [2.24, 2.45) is 0 Å². The molecule has 1 aromatic carbocycles. The fraction of sp³-hybridized carbons (Fsp3) is 0.462. The number of thioether (sulfide) groups is 1. The molecule has 1 rings (SSSR count). The summed E-state index contributed by atoms with van der Waals surface area (Å²) < 4.78 is 4.77. The molecule has 18 heavy (non-hydrogen) atoms. The molecule has 3 nitrogen and oxygen atoms in total. The molecule has 0 saturated carbocycles. The summed E-state index contributed by atoms with van der Waals surface area (Å²) in [5.41, 5.74) is 1.15. The normalized spacial score (nSPS) is 12.2. The summed E-state index contributed by atoms with van der Waals surface area (Å²) in [5, 5.41) is 10.3. The standard InChI is InChI=1S/C13H17ClO3S/c1-2-17-13(16)7-12(15)9-18-8-10-3-5-11(14)6-4-10/h3-6,12,15H,2,7-9H2,1H3. The zero-order chi connectivity index (χ0) is 13.4. The molecule has 1 atom stereocenters. The number of halogens is 1. The van der Waals surface area contributed by atoms with Crippen molar-refractivity contribution in [1.82, 2.24) is 0 Å². The molecular weight excluding hydrogens is 272 g/mol. The molecule has 0 amide bonds. The number of carbonyl (C=O) groups is 1. The van der Waals surface area contributed by atoms with Gasteiger partial charge in [-0.2, -0.15) is 11.8 Å². The Morgan fingerprint density at radius 2 is 2.11 bits per heavy atom. The molecule has 1 aromatic rings. The highest BCUT2D eigenvalue weighted by molar-refractivity contribution is 7.98. The molecule has 1 N–H and O–H groups in total. The summed E-state index contributed by atoms with van der Waals surface area (Å²) in [6.07, 6.45) is -0.595. The Bertz CT molecular complexity index is 367. The molecule has 1 unspecified atom stereocenters. The zero-order valence-electron chi connectivity index (χ0n) is 10.3. The first-order chi connectivity index (χ1) is 8.61. The van der Waals surface area contributed by atoms with Gasteiger partial charge >= 0.3 is 5.97 Å². The number of benzene rings is 1. The highest BCUT2D eigenvalue weighted by Gasteiger charge is 2.11. The van der Waals surface area contributed by atoms with Crippen LogP contribution in [-0.2, 0) is 15.3 Å².